The molecule has 0 amide bonds. The second-order valence-electron chi connectivity index (χ2n) is 4.95. The quantitative estimate of drug-likeness (QED) is 0.868. The van der Waals surface area contributed by atoms with Gasteiger partial charge in [0, 0.05) is 18.1 Å². The van der Waals surface area contributed by atoms with Gasteiger partial charge in [-0.05, 0) is 41.8 Å². The first-order chi connectivity index (χ1) is 10.8. The molecule has 1 aromatic heterocycles. The molecule has 5 heteroatoms. The molecule has 3 nitrogen and oxygen atoms in total. The molecule has 0 aromatic carbocycles. The Morgan fingerprint density at radius 2 is 2.23 bits per heavy atom. The van der Waals surface area contributed by atoms with Gasteiger partial charge in [0.1, 0.15) is 0 Å². The average molecular weight is 313 g/mol. The van der Waals surface area contributed by atoms with E-state index in [0.717, 1.165) is 35.0 Å². The molecule has 1 atom stereocenters. The smallest absolute Gasteiger partial charge is 0.165 e. The number of hydrogen-bond acceptors (Lipinski definition) is 4. The molecule has 0 radical (unpaired) electrons. The molecule has 1 aromatic rings. The number of amidine groups is 1. The third-order valence-corrected chi connectivity index (χ3v) is 4.28. The van der Waals surface area contributed by atoms with E-state index in [9.17, 15) is 4.39 Å². The van der Waals surface area contributed by atoms with E-state index in [1.807, 2.05) is 24.3 Å². The Labute approximate surface area is 133 Å². The van der Waals surface area contributed by atoms with Crippen LogP contribution in [-0.2, 0) is 6.42 Å². The molecule has 0 spiro atoms. The summed E-state index contributed by atoms with van der Waals surface area (Å²) < 4.78 is 13.7. The van der Waals surface area contributed by atoms with Gasteiger partial charge in [0.2, 0.25) is 0 Å². The lowest BCUT2D eigenvalue weighted by Gasteiger charge is -2.21. The van der Waals surface area contributed by atoms with Gasteiger partial charge in [-0.2, -0.15) is 4.39 Å². The van der Waals surface area contributed by atoms with Crippen LogP contribution in [-0.4, -0.2) is 28.5 Å². The van der Waals surface area contributed by atoms with Crippen LogP contribution in [0.1, 0.15) is 5.56 Å². The average Bonchev–Trinajstić information content (AvgIpc) is 2.94. The summed E-state index contributed by atoms with van der Waals surface area (Å²) in [5.74, 6) is 0.636. The number of allylic oxidation sites excluding steroid dienone is 3. The fourth-order valence-electron chi connectivity index (χ4n) is 2.32. The molecule has 1 aliphatic heterocycles. The summed E-state index contributed by atoms with van der Waals surface area (Å²) in [5.41, 5.74) is 4.60. The third kappa shape index (κ3) is 3.97. The van der Waals surface area contributed by atoms with Gasteiger partial charge in [-0.3, -0.25) is 9.98 Å². The molecular formula is C17H16FN3S. The maximum Gasteiger partial charge on any atom is 0.165 e. The van der Waals surface area contributed by atoms with Crippen molar-refractivity contribution in [2.75, 3.05) is 12.3 Å². The Bertz CT molecular complexity index is 685. The molecule has 22 heavy (non-hydrogen) atoms. The minimum atomic E-state index is -0.359. The summed E-state index contributed by atoms with van der Waals surface area (Å²) >= 11 is 1.70. The van der Waals surface area contributed by atoms with Crippen LogP contribution >= 0.6 is 11.8 Å². The topological polar surface area (TPSA) is 37.3 Å². The lowest BCUT2D eigenvalue weighted by atomic mass is 9.99. The summed E-state index contributed by atoms with van der Waals surface area (Å²) in [6, 6.07) is 3.91. The highest BCUT2D eigenvalue weighted by Crippen LogP contribution is 2.19. The fourth-order valence-corrected chi connectivity index (χ4v) is 3.10. The molecule has 2 aliphatic rings. The largest absolute Gasteiger partial charge is 0.358 e. The summed E-state index contributed by atoms with van der Waals surface area (Å²) in [7, 11) is 0. The van der Waals surface area contributed by atoms with Crippen LogP contribution in [0.2, 0.25) is 0 Å². The van der Waals surface area contributed by atoms with Gasteiger partial charge in [-0.25, -0.2) is 0 Å². The Morgan fingerprint density at radius 1 is 1.36 bits per heavy atom. The second-order valence-corrected chi connectivity index (χ2v) is 6.04. The number of aromatic nitrogens is 1. The minimum Gasteiger partial charge on any atom is -0.358 e. The van der Waals surface area contributed by atoms with E-state index in [1.54, 1.807) is 30.2 Å². The molecule has 0 saturated carbocycles. The molecule has 1 aliphatic carbocycles. The molecule has 0 saturated heterocycles. The number of nitrogens with one attached hydrogen (secondary N) is 1. The van der Waals surface area contributed by atoms with Crippen LogP contribution in [0.4, 0.5) is 4.39 Å². The number of pyridine rings is 1. The maximum atomic E-state index is 13.7. The minimum absolute atomic E-state index is 0.0398. The molecule has 1 N–H and O–H groups in total. The molecule has 0 fully saturated rings. The van der Waals surface area contributed by atoms with Crippen LogP contribution in [0.25, 0.3) is 0 Å². The lowest BCUT2D eigenvalue weighted by molar-refractivity contribution is 0.656. The number of halogens is 1. The predicted molar refractivity (Wildman–Crippen MR) is 89.6 cm³/mol. The van der Waals surface area contributed by atoms with E-state index in [4.69, 9.17) is 0 Å². The van der Waals surface area contributed by atoms with E-state index < -0.39 is 0 Å². The molecule has 1 unspecified atom stereocenters. The highest BCUT2D eigenvalue weighted by atomic mass is 32.2. The van der Waals surface area contributed by atoms with Crippen molar-refractivity contribution in [2.45, 2.75) is 12.5 Å². The van der Waals surface area contributed by atoms with Gasteiger partial charge in [0.15, 0.2) is 11.0 Å². The van der Waals surface area contributed by atoms with Gasteiger partial charge < -0.3 is 5.32 Å². The summed E-state index contributed by atoms with van der Waals surface area (Å²) in [6.45, 7) is 0.833. The van der Waals surface area contributed by atoms with Crippen molar-refractivity contribution in [1.29, 1.82) is 0 Å². The SMILES string of the molecule is FC1=C=CC=CC(C(Cc2ccncc2)NC2=NCCS2)=C1. The maximum absolute atomic E-state index is 13.7. The number of nitrogens with zero attached hydrogens (tertiary/aromatic N) is 2. The van der Waals surface area contributed by atoms with Crippen LogP contribution in [0, 0.1) is 0 Å². The Hall–Kier alpha value is -2.10. The summed E-state index contributed by atoms with van der Waals surface area (Å²) in [4.78, 5) is 8.47. The number of hydrogen-bond donors (Lipinski definition) is 1. The normalized spacial score (nSPS) is 18.3. The zero-order valence-corrected chi connectivity index (χ0v) is 12.8. The zero-order valence-electron chi connectivity index (χ0n) is 12.0. The molecule has 112 valence electrons. The van der Waals surface area contributed by atoms with Crippen molar-refractivity contribution < 1.29 is 4.39 Å². The van der Waals surface area contributed by atoms with Crippen LogP contribution in [0.5, 0.6) is 0 Å². The first kappa shape index (κ1) is 14.8. The third-order valence-electron chi connectivity index (χ3n) is 3.37. The van der Waals surface area contributed by atoms with Gasteiger partial charge >= 0.3 is 0 Å². The molecule has 0 bridgehead atoms. The number of rotatable bonds is 4. The van der Waals surface area contributed by atoms with Crippen molar-refractivity contribution in [3.63, 3.8) is 0 Å². The van der Waals surface area contributed by atoms with E-state index in [-0.39, 0.29) is 11.9 Å². The van der Waals surface area contributed by atoms with Crippen molar-refractivity contribution in [3.05, 3.63) is 71.5 Å². The predicted octanol–water partition coefficient (Wildman–Crippen LogP) is 3.19. The number of thioether (sulfide) groups is 1. The van der Waals surface area contributed by atoms with E-state index >= 15 is 0 Å². The standard InChI is InChI=1S/C17H16FN3S/c18-15-4-2-1-3-14(12-15)16(21-17-20-9-10-22-17)11-13-5-7-19-8-6-13/h1-3,5-8,12,16H,9-11H2,(H,20,21). The summed E-state index contributed by atoms with van der Waals surface area (Å²) in [6.07, 6.45) is 11.1. The van der Waals surface area contributed by atoms with Crippen molar-refractivity contribution in [1.82, 2.24) is 10.3 Å². The first-order valence-corrected chi connectivity index (χ1v) is 8.13. The second kappa shape index (κ2) is 7.25. The van der Waals surface area contributed by atoms with Gasteiger partial charge in [0.25, 0.3) is 0 Å². The van der Waals surface area contributed by atoms with Crippen molar-refractivity contribution in [2.24, 2.45) is 4.99 Å². The fraction of sp³-hybridized carbons (Fsp3) is 0.235. The van der Waals surface area contributed by atoms with E-state index in [2.05, 4.69) is 21.0 Å². The van der Waals surface area contributed by atoms with Crippen LogP contribution in [0.15, 0.2) is 71.0 Å². The van der Waals surface area contributed by atoms with Crippen LogP contribution in [0.3, 0.4) is 0 Å². The lowest BCUT2D eigenvalue weighted by Crippen LogP contribution is -2.35. The highest BCUT2D eigenvalue weighted by Gasteiger charge is 2.18. The molecular weight excluding hydrogens is 297 g/mol. The zero-order chi connectivity index (χ0) is 15.2. The van der Waals surface area contributed by atoms with E-state index in [1.165, 1.54) is 6.08 Å². The Kier molecular flexibility index (Phi) is 4.88. The van der Waals surface area contributed by atoms with Crippen LogP contribution < -0.4 is 5.32 Å². The highest BCUT2D eigenvalue weighted by molar-refractivity contribution is 8.14. The van der Waals surface area contributed by atoms with Gasteiger partial charge in [0.05, 0.1) is 12.6 Å². The van der Waals surface area contributed by atoms with Gasteiger partial charge in [-0.1, -0.05) is 29.6 Å². The number of aliphatic imine (C=N–C) groups is 1. The van der Waals surface area contributed by atoms with Gasteiger partial charge in [-0.15, -0.1) is 0 Å². The first-order valence-electron chi connectivity index (χ1n) is 7.14. The Balaban J connectivity index is 1.84. The molecule has 2 heterocycles. The summed E-state index contributed by atoms with van der Waals surface area (Å²) in [5, 5.41) is 4.36. The molecule has 3 rings (SSSR count). The van der Waals surface area contributed by atoms with Crippen molar-refractivity contribution >= 4 is 16.9 Å². The van der Waals surface area contributed by atoms with Crippen molar-refractivity contribution in [3.8, 4) is 0 Å². The Morgan fingerprint density at radius 3 is 3.00 bits per heavy atom. The van der Waals surface area contributed by atoms with E-state index in [0.29, 0.717) is 0 Å². The monoisotopic (exact) mass is 313 g/mol.